The van der Waals surface area contributed by atoms with Crippen molar-refractivity contribution in [3.8, 4) is 0 Å². The predicted molar refractivity (Wildman–Crippen MR) is 67.3 cm³/mol. The molecule has 1 saturated heterocycles. The summed E-state index contributed by atoms with van der Waals surface area (Å²) in [5.74, 6) is 0.852. The minimum Gasteiger partial charge on any atom is -0.348 e. The molecule has 0 bridgehead atoms. The van der Waals surface area contributed by atoms with Gasteiger partial charge in [-0.05, 0) is 18.8 Å². The normalized spacial score (nSPS) is 21.1. The Bertz CT molecular complexity index is 375. The first-order valence-corrected chi connectivity index (χ1v) is 6.80. The molecule has 4 heteroatoms. The molecular formula is C12H18N2OS. The van der Waals surface area contributed by atoms with Gasteiger partial charge in [0.25, 0.3) is 0 Å². The van der Waals surface area contributed by atoms with Gasteiger partial charge in [0, 0.05) is 25.4 Å². The molecule has 1 aromatic rings. The number of carbonyl (C=O) groups is 1. The topological polar surface area (TPSA) is 33.2 Å². The van der Waals surface area contributed by atoms with Crippen LogP contribution in [0.2, 0.25) is 0 Å². The molecule has 88 valence electrons. The number of rotatable bonds is 3. The highest BCUT2D eigenvalue weighted by Gasteiger charge is 2.21. The average Bonchev–Trinajstić information content (AvgIpc) is 2.78. The van der Waals surface area contributed by atoms with Crippen molar-refractivity contribution in [1.29, 1.82) is 0 Å². The molecule has 0 spiro atoms. The monoisotopic (exact) mass is 238 g/mol. The van der Waals surface area contributed by atoms with Crippen molar-refractivity contribution in [2.24, 2.45) is 5.92 Å². The molecule has 0 saturated carbocycles. The van der Waals surface area contributed by atoms with E-state index in [1.807, 2.05) is 5.38 Å². The second kappa shape index (κ2) is 4.95. The summed E-state index contributed by atoms with van der Waals surface area (Å²) >= 11 is 1.59. The first-order chi connectivity index (χ1) is 7.70. The minimum absolute atomic E-state index is 0.0616. The Morgan fingerprint density at radius 2 is 2.50 bits per heavy atom. The van der Waals surface area contributed by atoms with Crippen molar-refractivity contribution in [2.45, 2.75) is 33.1 Å². The molecule has 1 aliphatic rings. The molecule has 1 unspecified atom stereocenters. The van der Waals surface area contributed by atoms with Crippen molar-refractivity contribution < 1.29 is 4.79 Å². The molecule has 0 aliphatic carbocycles. The number of aromatic nitrogens is 1. The van der Waals surface area contributed by atoms with Crippen molar-refractivity contribution in [1.82, 2.24) is 4.98 Å². The number of anilines is 1. The van der Waals surface area contributed by atoms with Gasteiger partial charge in [0.15, 0.2) is 10.9 Å². The van der Waals surface area contributed by atoms with Crippen LogP contribution in [0, 0.1) is 5.92 Å². The van der Waals surface area contributed by atoms with Gasteiger partial charge in [0.1, 0.15) is 5.69 Å². The van der Waals surface area contributed by atoms with Gasteiger partial charge in [0.2, 0.25) is 0 Å². The van der Waals surface area contributed by atoms with Crippen LogP contribution in [0.5, 0.6) is 0 Å². The van der Waals surface area contributed by atoms with E-state index in [-0.39, 0.29) is 5.78 Å². The van der Waals surface area contributed by atoms with Crippen molar-refractivity contribution in [3.63, 3.8) is 0 Å². The molecular weight excluding hydrogens is 220 g/mol. The fourth-order valence-corrected chi connectivity index (χ4v) is 3.04. The molecule has 1 atom stereocenters. The molecule has 1 aliphatic heterocycles. The SMILES string of the molecule is CCC1CCCN(c2nc(C(C)=O)cs2)C1. The molecule has 3 nitrogen and oxygen atoms in total. The Hall–Kier alpha value is -0.900. The summed E-state index contributed by atoms with van der Waals surface area (Å²) in [6.07, 6.45) is 3.81. The number of piperidine rings is 1. The lowest BCUT2D eigenvalue weighted by Crippen LogP contribution is -2.35. The average molecular weight is 238 g/mol. The van der Waals surface area contributed by atoms with Gasteiger partial charge in [-0.2, -0.15) is 0 Å². The molecule has 2 heterocycles. The van der Waals surface area contributed by atoms with E-state index in [4.69, 9.17) is 0 Å². The number of carbonyl (C=O) groups excluding carboxylic acids is 1. The van der Waals surface area contributed by atoms with Gasteiger partial charge in [0.05, 0.1) is 0 Å². The van der Waals surface area contributed by atoms with Crippen LogP contribution in [-0.2, 0) is 0 Å². The lowest BCUT2D eigenvalue weighted by molar-refractivity contribution is 0.101. The third-order valence-corrected chi connectivity index (χ3v) is 4.12. The van der Waals surface area contributed by atoms with Crippen LogP contribution in [0.3, 0.4) is 0 Å². The Morgan fingerprint density at radius 3 is 3.12 bits per heavy atom. The number of hydrogen-bond acceptors (Lipinski definition) is 4. The van der Waals surface area contributed by atoms with Crippen LogP contribution in [0.1, 0.15) is 43.6 Å². The van der Waals surface area contributed by atoms with Crippen molar-refractivity contribution in [3.05, 3.63) is 11.1 Å². The first-order valence-electron chi connectivity index (χ1n) is 5.92. The summed E-state index contributed by atoms with van der Waals surface area (Å²) in [6, 6.07) is 0. The zero-order valence-electron chi connectivity index (χ0n) is 9.90. The number of ketones is 1. The quantitative estimate of drug-likeness (QED) is 0.759. The van der Waals surface area contributed by atoms with Crippen LogP contribution in [0.15, 0.2) is 5.38 Å². The maximum Gasteiger partial charge on any atom is 0.185 e. The second-order valence-electron chi connectivity index (χ2n) is 4.43. The van der Waals surface area contributed by atoms with E-state index < -0.39 is 0 Å². The van der Waals surface area contributed by atoms with E-state index in [1.165, 1.54) is 19.3 Å². The molecule has 1 aromatic heterocycles. The largest absolute Gasteiger partial charge is 0.348 e. The Balaban J connectivity index is 2.08. The fraction of sp³-hybridized carbons (Fsp3) is 0.667. The Morgan fingerprint density at radius 1 is 1.69 bits per heavy atom. The molecule has 16 heavy (non-hydrogen) atoms. The summed E-state index contributed by atoms with van der Waals surface area (Å²) in [4.78, 5) is 17.9. The lowest BCUT2D eigenvalue weighted by Gasteiger charge is -2.31. The van der Waals surface area contributed by atoms with Crippen LogP contribution in [0.25, 0.3) is 0 Å². The van der Waals surface area contributed by atoms with Crippen molar-refractivity contribution >= 4 is 22.3 Å². The van der Waals surface area contributed by atoms with Crippen LogP contribution >= 0.6 is 11.3 Å². The van der Waals surface area contributed by atoms with Gasteiger partial charge in [-0.3, -0.25) is 4.79 Å². The molecule has 0 radical (unpaired) electrons. The zero-order valence-corrected chi connectivity index (χ0v) is 10.7. The van der Waals surface area contributed by atoms with Gasteiger partial charge >= 0.3 is 0 Å². The van der Waals surface area contributed by atoms with Crippen LogP contribution in [0.4, 0.5) is 5.13 Å². The lowest BCUT2D eigenvalue weighted by atomic mass is 9.96. The Labute approximate surface area is 100 Å². The zero-order chi connectivity index (χ0) is 11.5. The highest BCUT2D eigenvalue weighted by molar-refractivity contribution is 7.13. The maximum absolute atomic E-state index is 11.2. The van der Waals surface area contributed by atoms with E-state index in [0.717, 1.165) is 24.1 Å². The highest BCUT2D eigenvalue weighted by atomic mass is 32.1. The molecule has 0 aromatic carbocycles. The second-order valence-corrected chi connectivity index (χ2v) is 5.27. The molecule has 1 fully saturated rings. The maximum atomic E-state index is 11.2. The van der Waals surface area contributed by atoms with E-state index in [9.17, 15) is 4.79 Å². The van der Waals surface area contributed by atoms with E-state index >= 15 is 0 Å². The van der Waals surface area contributed by atoms with Gasteiger partial charge in [-0.1, -0.05) is 13.3 Å². The molecule has 0 N–H and O–H groups in total. The van der Waals surface area contributed by atoms with Gasteiger partial charge in [-0.15, -0.1) is 11.3 Å². The summed E-state index contributed by atoms with van der Waals surface area (Å²) in [5, 5.41) is 2.89. The van der Waals surface area contributed by atoms with E-state index in [1.54, 1.807) is 18.3 Å². The van der Waals surface area contributed by atoms with E-state index in [2.05, 4.69) is 16.8 Å². The summed E-state index contributed by atoms with van der Waals surface area (Å²) in [6.45, 7) is 6.00. The third-order valence-electron chi connectivity index (χ3n) is 3.22. The van der Waals surface area contributed by atoms with Crippen molar-refractivity contribution in [2.75, 3.05) is 18.0 Å². The van der Waals surface area contributed by atoms with E-state index in [0.29, 0.717) is 5.69 Å². The minimum atomic E-state index is 0.0616. The summed E-state index contributed by atoms with van der Waals surface area (Å²) in [7, 11) is 0. The third kappa shape index (κ3) is 2.43. The van der Waals surface area contributed by atoms with Gasteiger partial charge in [-0.25, -0.2) is 4.98 Å². The summed E-state index contributed by atoms with van der Waals surface area (Å²) in [5.41, 5.74) is 0.610. The van der Waals surface area contributed by atoms with Crippen LogP contribution in [-0.4, -0.2) is 23.9 Å². The fourth-order valence-electron chi connectivity index (χ4n) is 2.14. The summed E-state index contributed by atoms with van der Waals surface area (Å²) < 4.78 is 0. The number of hydrogen-bond donors (Lipinski definition) is 0. The Kier molecular flexibility index (Phi) is 3.59. The first kappa shape index (κ1) is 11.6. The highest BCUT2D eigenvalue weighted by Crippen LogP contribution is 2.27. The van der Waals surface area contributed by atoms with Gasteiger partial charge < -0.3 is 4.90 Å². The number of nitrogens with zero attached hydrogens (tertiary/aromatic N) is 2. The number of thiazole rings is 1. The predicted octanol–water partition coefficient (Wildman–Crippen LogP) is 2.97. The standard InChI is InChI=1S/C12H18N2OS/c1-3-10-5-4-6-14(7-10)12-13-11(8-16-12)9(2)15/h8,10H,3-7H2,1-2H3. The van der Waals surface area contributed by atoms with Crippen LogP contribution < -0.4 is 4.90 Å². The number of Topliss-reactive ketones (excluding diaryl/α,β-unsaturated/α-hetero) is 1. The smallest absolute Gasteiger partial charge is 0.185 e. The molecule has 2 rings (SSSR count). The molecule has 0 amide bonds.